The Labute approximate surface area is 129 Å². The van der Waals surface area contributed by atoms with Gasteiger partial charge < -0.3 is 5.32 Å². The fourth-order valence-electron chi connectivity index (χ4n) is 2.77. The van der Waals surface area contributed by atoms with Crippen LogP contribution in [0.5, 0.6) is 0 Å². The number of rotatable bonds is 5. The molecule has 1 aromatic rings. The number of hydrogen-bond donors (Lipinski definition) is 1. The molecule has 0 saturated carbocycles. The summed E-state index contributed by atoms with van der Waals surface area (Å²) in [7, 11) is 0. The number of hydrogen-bond acceptors (Lipinski definition) is 3. The molecule has 1 fully saturated rings. The molecule has 1 aliphatic heterocycles. The van der Waals surface area contributed by atoms with Crippen LogP contribution >= 0.6 is 27.3 Å². The van der Waals surface area contributed by atoms with E-state index in [9.17, 15) is 0 Å². The van der Waals surface area contributed by atoms with Crippen LogP contribution in [0.2, 0.25) is 0 Å². The van der Waals surface area contributed by atoms with E-state index >= 15 is 0 Å². The topological polar surface area (TPSA) is 15.3 Å². The molecule has 4 heteroatoms. The standard InChI is InChI=1S/C15H25BrN2S/c1-11(2)8-13-10-18(12(3)9-17-13)7-6-14-4-5-15(16)19-14/h4-5,11-13,17H,6-10H2,1-3H3. The summed E-state index contributed by atoms with van der Waals surface area (Å²) in [6.07, 6.45) is 2.46. The van der Waals surface area contributed by atoms with Crippen LogP contribution in [0, 0.1) is 5.92 Å². The molecule has 0 radical (unpaired) electrons. The molecule has 2 atom stereocenters. The van der Waals surface area contributed by atoms with E-state index in [0.29, 0.717) is 12.1 Å². The number of piperazine rings is 1. The SMILES string of the molecule is CC(C)CC1CN(CCc2ccc(Br)s2)C(C)CN1. The molecule has 2 rings (SSSR count). The van der Waals surface area contributed by atoms with Crippen molar-refractivity contribution in [2.45, 2.75) is 45.7 Å². The predicted octanol–water partition coefficient (Wildman–Crippen LogP) is 3.76. The van der Waals surface area contributed by atoms with Crippen LogP contribution in [0.15, 0.2) is 15.9 Å². The third-order valence-corrected chi connectivity index (χ3v) is 5.49. The molecule has 0 aliphatic carbocycles. The highest BCUT2D eigenvalue weighted by Gasteiger charge is 2.24. The Bertz CT molecular complexity index is 391. The minimum absolute atomic E-state index is 0.659. The normalized spacial score (nSPS) is 25.1. The Balaban J connectivity index is 1.83. The van der Waals surface area contributed by atoms with Crippen molar-refractivity contribution in [3.05, 3.63) is 20.8 Å². The van der Waals surface area contributed by atoms with E-state index in [0.717, 1.165) is 12.5 Å². The first-order chi connectivity index (χ1) is 9.04. The third-order valence-electron chi connectivity index (χ3n) is 3.81. The summed E-state index contributed by atoms with van der Waals surface area (Å²) in [5.41, 5.74) is 0. The maximum atomic E-state index is 3.69. The van der Waals surface area contributed by atoms with Gasteiger partial charge in [-0.05, 0) is 53.7 Å². The molecule has 2 unspecified atom stereocenters. The van der Waals surface area contributed by atoms with E-state index in [2.05, 4.69) is 59.1 Å². The predicted molar refractivity (Wildman–Crippen MR) is 88.0 cm³/mol. The minimum Gasteiger partial charge on any atom is -0.311 e. The van der Waals surface area contributed by atoms with E-state index in [-0.39, 0.29) is 0 Å². The molecule has 0 spiro atoms. The van der Waals surface area contributed by atoms with Gasteiger partial charge in [-0.25, -0.2) is 0 Å². The first-order valence-electron chi connectivity index (χ1n) is 7.26. The molecule has 1 N–H and O–H groups in total. The summed E-state index contributed by atoms with van der Waals surface area (Å²) >= 11 is 5.40. The number of nitrogens with zero attached hydrogens (tertiary/aromatic N) is 1. The van der Waals surface area contributed by atoms with E-state index in [1.54, 1.807) is 0 Å². The first-order valence-corrected chi connectivity index (χ1v) is 8.87. The van der Waals surface area contributed by atoms with E-state index < -0.39 is 0 Å². The molecule has 0 aromatic carbocycles. The van der Waals surface area contributed by atoms with Crippen LogP contribution in [0.4, 0.5) is 0 Å². The second-order valence-corrected chi connectivity index (χ2v) is 8.58. The molecule has 0 amide bonds. The first kappa shape index (κ1) is 15.5. The average molecular weight is 345 g/mol. The fourth-order valence-corrected chi connectivity index (χ4v) is 4.24. The molecule has 1 aliphatic rings. The Morgan fingerprint density at radius 2 is 2.26 bits per heavy atom. The number of thiophene rings is 1. The van der Waals surface area contributed by atoms with Crippen LogP contribution in [-0.2, 0) is 6.42 Å². The van der Waals surface area contributed by atoms with Crippen molar-refractivity contribution >= 4 is 27.3 Å². The van der Waals surface area contributed by atoms with Gasteiger partial charge in [0, 0.05) is 36.6 Å². The lowest BCUT2D eigenvalue weighted by molar-refractivity contribution is 0.134. The van der Waals surface area contributed by atoms with Gasteiger partial charge in [-0.3, -0.25) is 4.90 Å². The summed E-state index contributed by atoms with van der Waals surface area (Å²) in [6.45, 7) is 10.5. The molecule has 19 heavy (non-hydrogen) atoms. The zero-order valence-electron chi connectivity index (χ0n) is 12.2. The van der Waals surface area contributed by atoms with Gasteiger partial charge in [-0.2, -0.15) is 0 Å². The summed E-state index contributed by atoms with van der Waals surface area (Å²) < 4.78 is 1.24. The van der Waals surface area contributed by atoms with Gasteiger partial charge in [0.1, 0.15) is 0 Å². The number of halogens is 1. The van der Waals surface area contributed by atoms with Gasteiger partial charge in [0.15, 0.2) is 0 Å². The Morgan fingerprint density at radius 1 is 1.47 bits per heavy atom. The zero-order valence-corrected chi connectivity index (χ0v) is 14.6. The van der Waals surface area contributed by atoms with Crippen LogP contribution in [-0.4, -0.2) is 36.6 Å². The van der Waals surface area contributed by atoms with Gasteiger partial charge in [0.2, 0.25) is 0 Å². The zero-order chi connectivity index (χ0) is 13.8. The van der Waals surface area contributed by atoms with Crippen molar-refractivity contribution in [2.75, 3.05) is 19.6 Å². The smallest absolute Gasteiger partial charge is 0.0701 e. The lowest BCUT2D eigenvalue weighted by Crippen LogP contribution is -2.56. The highest BCUT2D eigenvalue weighted by molar-refractivity contribution is 9.11. The number of nitrogens with one attached hydrogen (secondary N) is 1. The monoisotopic (exact) mass is 344 g/mol. The molecular formula is C15H25BrN2S. The summed E-state index contributed by atoms with van der Waals surface area (Å²) in [5, 5.41) is 3.69. The quantitative estimate of drug-likeness (QED) is 0.874. The second-order valence-electron chi connectivity index (χ2n) is 6.03. The van der Waals surface area contributed by atoms with Gasteiger partial charge >= 0.3 is 0 Å². The van der Waals surface area contributed by atoms with E-state index in [4.69, 9.17) is 0 Å². The Kier molecular flexibility index (Phi) is 5.87. The molecule has 1 aromatic heterocycles. The van der Waals surface area contributed by atoms with Crippen molar-refractivity contribution in [2.24, 2.45) is 5.92 Å². The van der Waals surface area contributed by atoms with Crippen LogP contribution < -0.4 is 5.32 Å². The molecular weight excluding hydrogens is 320 g/mol. The Morgan fingerprint density at radius 3 is 2.89 bits per heavy atom. The fraction of sp³-hybridized carbons (Fsp3) is 0.733. The lowest BCUT2D eigenvalue weighted by atomic mass is 10.00. The Hall–Kier alpha value is 0.1000. The van der Waals surface area contributed by atoms with Gasteiger partial charge in [-0.15, -0.1) is 11.3 Å². The maximum absolute atomic E-state index is 3.69. The summed E-state index contributed by atoms with van der Waals surface area (Å²) in [6, 6.07) is 5.73. The second kappa shape index (κ2) is 7.21. The lowest BCUT2D eigenvalue weighted by Gasteiger charge is -2.39. The summed E-state index contributed by atoms with van der Waals surface area (Å²) in [5.74, 6) is 0.779. The van der Waals surface area contributed by atoms with Crippen LogP contribution in [0.1, 0.15) is 32.1 Å². The largest absolute Gasteiger partial charge is 0.311 e. The van der Waals surface area contributed by atoms with Crippen molar-refractivity contribution < 1.29 is 0 Å². The highest BCUT2D eigenvalue weighted by atomic mass is 79.9. The molecule has 0 bridgehead atoms. The van der Waals surface area contributed by atoms with Crippen molar-refractivity contribution in [1.82, 2.24) is 10.2 Å². The van der Waals surface area contributed by atoms with Crippen LogP contribution in [0.25, 0.3) is 0 Å². The van der Waals surface area contributed by atoms with Gasteiger partial charge in [0.25, 0.3) is 0 Å². The van der Waals surface area contributed by atoms with Crippen molar-refractivity contribution in [3.63, 3.8) is 0 Å². The molecule has 2 nitrogen and oxygen atoms in total. The minimum atomic E-state index is 0.659. The maximum Gasteiger partial charge on any atom is 0.0701 e. The summed E-state index contributed by atoms with van der Waals surface area (Å²) in [4.78, 5) is 4.13. The van der Waals surface area contributed by atoms with E-state index in [1.807, 2.05) is 11.3 Å². The molecule has 108 valence electrons. The molecule has 1 saturated heterocycles. The molecule has 2 heterocycles. The van der Waals surface area contributed by atoms with Gasteiger partial charge in [-0.1, -0.05) is 13.8 Å². The van der Waals surface area contributed by atoms with Crippen LogP contribution in [0.3, 0.4) is 0 Å². The third kappa shape index (κ3) is 4.85. The highest BCUT2D eigenvalue weighted by Crippen LogP contribution is 2.23. The van der Waals surface area contributed by atoms with Crippen molar-refractivity contribution in [1.29, 1.82) is 0 Å². The average Bonchev–Trinajstić information content (AvgIpc) is 2.75. The van der Waals surface area contributed by atoms with E-state index in [1.165, 1.54) is 34.6 Å². The van der Waals surface area contributed by atoms with Gasteiger partial charge in [0.05, 0.1) is 3.79 Å². The van der Waals surface area contributed by atoms with Crippen molar-refractivity contribution in [3.8, 4) is 0 Å².